The van der Waals surface area contributed by atoms with Crippen LogP contribution in [0, 0.1) is 11.7 Å². The van der Waals surface area contributed by atoms with Crippen LogP contribution >= 0.6 is 11.6 Å². The topological polar surface area (TPSA) is 55.6 Å². The van der Waals surface area contributed by atoms with Gasteiger partial charge in [-0.3, -0.25) is 9.69 Å². The number of nitrogens with two attached hydrogens (primary N) is 1. The number of hydrogen-bond donors (Lipinski definition) is 1. The number of nitrogens with zero attached hydrogens (tertiary/aromatic N) is 1. The van der Waals surface area contributed by atoms with Gasteiger partial charge < -0.3 is 10.5 Å². The Kier molecular flexibility index (Phi) is 6.69. The second-order valence-electron chi connectivity index (χ2n) is 7.03. The van der Waals surface area contributed by atoms with Crippen LogP contribution < -0.4 is 10.5 Å². The molecule has 1 aliphatic rings. The van der Waals surface area contributed by atoms with Crippen LogP contribution in [0.2, 0.25) is 5.02 Å². The van der Waals surface area contributed by atoms with E-state index in [4.69, 9.17) is 22.1 Å². The van der Waals surface area contributed by atoms with E-state index < -0.39 is 0 Å². The third-order valence-corrected chi connectivity index (χ3v) is 5.30. The fraction of sp³-hybridized carbons (Fsp3) is 0.381. The van der Waals surface area contributed by atoms with Crippen molar-refractivity contribution in [3.8, 4) is 5.75 Å². The molecule has 2 aromatic carbocycles. The Bertz CT molecular complexity index is 771. The summed E-state index contributed by atoms with van der Waals surface area (Å²) in [4.78, 5) is 13.4. The summed E-state index contributed by atoms with van der Waals surface area (Å²) in [6.45, 7) is 2.82. The molecule has 2 aromatic rings. The number of primary amides is 1. The second kappa shape index (κ2) is 9.20. The third-order valence-electron chi connectivity index (χ3n) is 4.95. The molecule has 0 aliphatic carbocycles. The maximum absolute atomic E-state index is 13.9. The molecule has 3 rings (SSSR count). The molecule has 1 fully saturated rings. The maximum Gasteiger partial charge on any atom is 0.217 e. The van der Waals surface area contributed by atoms with Crippen molar-refractivity contribution in [1.29, 1.82) is 0 Å². The number of rotatable bonds is 7. The van der Waals surface area contributed by atoms with Gasteiger partial charge in [0.2, 0.25) is 5.91 Å². The van der Waals surface area contributed by atoms with E-state index in [-0.39, 0.29) is 18.3 Å². The first-order chi connectivity index (χ1) is 13.0. The van der Waals surface area contributed by atoms with Gasteiger partial charge in [-0.1, -0.05) is 29.8 Å². The lowest BCUT2D eigenvalue weighted by atomic mass is 9.93. The molecule has 1 aliphatic heterocycles. The van der Waals surface area contributed by atoms with Gasteiger partial charge in [0.15, 0.2) is 0 Å². The van der Waals surface area contributed by atoms with Crippen LogP contribution in [-0.4, -0.2) is 23.9 Å². The van der Waals surface area contributed by atoms with Crippen LogP contribution in [0.5, 0.6) is 5.75 Å². The first-order valence-corrected chi connectivity index (χ1v) is 9.54. The van der Waals surface area contributed by atoms with Crippen LogP contribution in [0.4, 0.5) is 4.39 Å². The van der Waals surface area contributed by atoms with Crippen molar-refractivity contribution in [2.24, 2.45) is 11.7 Å². The van der Waals surface area contributed by atoms with E-state index >= 15 is 0 Å². The lowest BCUT2D eigenvalue weighted by Gasteiger charge is -2.31. The molecular formula is C21H24ClFN2O2. The summed E-state index contributed by atoms with van der Waals surface area (Å²) in [7, 11) is 0. The van der Waals surface area contributed by atoms with E-state index in [0.717, 1.165) is 38.0 Å². The first-order valence-electron chi connectivity index (χ1n) is 9.16. The van der Waals surface area contributed by atoms with Gasteiger partial charge >= 0.3 is 0 Å². The highest BCUT2D eigenvalue weighted by atomic mass is 35.5. The van der Waals surface area contributed by atoms with Crippen LogP contribution in [0.1, 0.15) is 30.4 Å². The largest absolute Gasteiger partial charge is 0.489 e. The molecule has 1 amide bonds. The summed E-state index contributed by atoms with van der Waals surface area (Å²) in [5.41, 5.74) is 6.79. The average Bonchev–Trinajstić information content (AvgIpc) is 2.63. The molecule has 2 N–H and O–H groups in total. The van der Waals surface area contributed by atoms with Crippen LogP contribution in [0.3, 0.4) is 0 Å². The van der Waals surface area contributed by atoms with Gasteiger partial charge in [0.1, 0.15) is 18.2 Å². The minimum Gasteiger partial charge on any atom is -0.489 e. The van der Waals surface area contributed by atoms with Gasteiger partial charge in [0, 0.05) is 18.5 Å². The summed E-state index contributed by atoms with van der Waals surface area (Å²) in [6.07, 6.45) is 2.46. The van der Waals surface area contributed by atoms with E-state index in [1.165, 1.54) is 6.07 Å². The van der Waals surface area contributed by atoms with Crippen molar-refractivity contribution in [3.05, 3.63) is 64.4 Å². The number of amides is 1. The van der Waals surface area contributed by atoms with E-state index in [9.17, 15) is 9.18 Å². The van der Waals surface area contributed by atoms with Crippen LogP contribution in [0.15, 0.2) is 42.5 Å². The molecule has 6 heteroatoms. The number of halogens is 2. The van der Waals surface area contributed by atoms with Crippen molar-refractivity contribution < 1.29 is 13.9 Å². The number of hydrogen-bond acceptors (Lipinski definition) is 3. The van der Waals surface area contributed by atoms with E-state index in [0.29, 0.717) is 28.7 Å². The van der Waals surface area contributed by atoms with Crippen molar-refractivity contribution >= 4 is 17.5 Å². The quantitative estimate of drug-likeness (QED) is 0.772. The molecule has 0 unspecified atom stereocenters. The Balaban J connectivity index is 1.54. The van der Waals surface area contributed by atoms with E-state index in [1.54, 1.807) is 12.1 Å². The van der Waals surface area contributed by atoms with Gasteiger partial charge in [-0.2, -0.15) is 0 Å². The third kappa shape index (κ3) is 5.68. The van der Waals surface area contributed by atoms with Gasteiger partial charge in [-0.05, 0) is 61.7 Å². The Morgan fingerprint density at radius 2 is 1.96 bits per heavy atom. The molecule has 27 heavy (non-hydrogen) atoms. The molecule has 144 valence electrons. The summed E-state index contributed by atoms with van der Waals surface area (Å²) in [5.74, 6) is 0.514. The normalized spacial score (nSPS) is 15.6. The Morgan fingerprint density at radius 3 is 2.67 bits per heavy atom. The molecular weight excluding hydrogens is 367 g/mol. The number of carbonyl (C=O) groups excluding carboxylic acids is 1. The van der Waals surface area contributed by atoms with Crippen molar-refractivity contribution in [2.75, 3.05) is 13.1 Å². The Hall–Kier alpha value is -2.11. The predicted octanol–water partition coefficient (Wildman–Crippen LogP) is 4.15. The van der Waals surface area contributed by atoms with Gasteiger partial charge in [0.05, 0.1) is 5.02 Å². The number of piperidine rings is 1. The zero-order valence-corrected chi connectivity index (χ0v) is 15.9. The van der Waals surface area contributed by atoms with E-state index in [1.807, 2.05) is 18.2 Å². The van der Waals surface area contributed by atoms with Gasteiger partial charge in [-0.25, -0.2) is 4.39 Å². The Morgan fingerprint density at radius 1 is 1.22 bits per heavy atom. The standard InChI is InChI=1S/C21H24ClFN2O2/c22-19-5-2-6-20(23)18(19)14-27-17-4-1-3-16(11-17)13-25-9-7-15(8-10-25)12-21(24)26/h1-6,11,15H,7-10,12-14H2,(H2,24,26). The van der Waals surface area contributed by atoms with Crippen molar-refractivity contribution in [1.82, 2.24) is 4.90 Å². The maximum atomic E-state index is 13.9. The number of carbonyl (C=O) groups is 1. The highest BCUT2D eigenvalue weighted by Gasteiger charge is 2.20. The van der Waals surface area contributed by atoms with Crippen molar-refractivity contribution in [2.45, 2.75) is 32.4 Å². The molecule has 0 bridgehead atoms. The molecule has 1 heterocycles. The number of benzene rings is 2. The predicted molar refractivity (Wildman–Crippen MR) is 104 cm³/mol. The van der Waals surface area contributed by atoms with Crippen LogP contribution in [-0.2, 0) is 17.9 Å². The molecule has 0 aromatic heterocycles. The molecule has 1 saturated heterocycles. The fourth-order valence-electron chi connectivity index (χ4n) is 3.45. The summed E-state index contributed by atoms with van der Waals surface area (Å²) < 4.78 is 19.6. The Labute approximate surface area is 164 Å². The lowest BCUT2D eigenvalue weighted by Crippen LogP contribution is -2.34. The van der Waals surface area contributed by atoms with Gasteiger partial charge in [0.25, 0.3) is 0 Å². The zero-order chi connectivity index (χ0) is 19.2. The monoisotopic (exact) mass is 390 g/mol. The zero-order valence-electron chi connectivity index (χ0n) is 15.2. The SMILES string of the molecule is NC(=O)CC1CCN(Cc2cccc(OCc3c(F)cccc3Cl)c2)CC1. The number of ether oxygens (including phenoxy) is 1. The van der Waals surface area contributed by atoms with Gasteiger partial charge in [-0.15, -0.1) is 0 Å². The highest BCUT2D eigenvalue weighted by molar-refractivity contribution is 6.31. The fourth-order valence-corrected chi connectivity index (χ4v) is 3.67. The minimum atomic E-state index is -0.363. The number of likely N-dealkylation sites (tertiary alicyclic amines) is 1. The smallest absolute Gasteiger partial charge is 0.217 e. The molecule has 0 radical (unpaired) electrons. The molecule has 0 spiro atoms. The lowest BCUT2D eigenvalue weighted by molar-refractivity contribution is -0.119. The summed E-state index contributed by atoms with van der Waals surface area (Å²) >= 11 is 6.04. The highest BCUT2D eigenvalue weighted by Crippen LogP contribution is 2.24. The average molecular weight is 391 g/mol. The molecule has 0 saturated carbocycles. The van der Waals surface area contributed by atoms with Crippen molar-refractivity contribution in [3.63, 3.8) is 0 Å². The minimum absolute atomic E-state index is 0.0907. The van der Waals surface area contributed by atoms with E-state index in [2.05, 4.69) is 11.0 Å². The summed E-state index contributed by atoms with van der Waals surface area (Å²) in [6, 6.07) is 12.4. The summed E-state index contributed by atoms with van der Waals surface area (Å²) in [5, 5.41) is 0.366. The molecule has 0 atom stereocenters. The molecule has 4 nitrogen and oxygen atoms in total. The second-order valence-corrected chi connectivity index (χ2v) is 7.43. The van der Waals surface area contributed by atoms with Crippen LogP contribution in [0.25, 0.3) is 0 Å². The first kappa shape index (κ1) is 19.6.